The van der Waals surface area contributed by atoms with Crippen LogP contribution in [0, 0.1) is 0 Å². The lowest BCUT2D eigenvalue weighted by Gasteiger charge is -2.21. The van der Waals surface area contributed by atoms with Crippen LogP contribution < -0.4 is 9.64 Å². The van der Waals surface area contributed by atoms with Gasteiger partial charge in [0.15, 0.2) is 5.75 Å². The monoisotopic (exact) mass is 288 g/mol. The van der Waals surface area contributed by atoms with E-state index in [1.54, 1.807) is 17.0 Å². The van der Waals surface area contributed by atoms with Crippen LogP contribution in [0.15, 0.2) is 36.4 Å². The summed E-state index contributed by atoms with van der Waals surface area (Å²) >= 11 is 5.89. The Balaban J connectivity index is 2.19. The molecule has 0 bridgehead atoms. The molecule has 0 radical (unpaired) electrons. The van der Waals surface area contributed by atoms with Crippen molar-refractivity contribution in [1.29, 1.82) is 0 Å². The number of halogens is 1. The van der Waals surface area contributed by atoms with Gasteiger partial charge < -0.3 is 9.64 Å². The van der Waals surface area contributed by atoms with Crippen molar-refractivity contribution in [2.45, 2.75) is 13.3 Å². The van der Waals surface area contributed by atoms with Crippen molar-refractivity contribution in [3.8, 4) is 11.6 Å². The predicted molar refractivity (Wildman–Crippen MR) is 77.7 cm³/mol. The van der Waals surface area contributed by atoms with E-state index in [2.05, 4.69) is 4.98 Å². The summed E-state index contributed by atoms with van der Waals surface area (Å²) < 4.78 is 5.77. The Hall–Kier alpha value is -2.07. The van der Waals surface area contributed by atoms with Gasteiger partial charge in [0.05, 0.1) is 5.69 Å². The van der Waals surface area contributed by atoms with Crippen molar-refractivity contribution in [1.82, 2.24) is 4.98 Å². The van der Waals surface area contributed by atoms with Crippen LogP contribution >= 0.6 is 11.6 Å². The SMILES string of the molecule is CCCN1C(=O)c2ccc(Cl)nc2Oc2ccccc21. The number of fused-ring (bicyclic) bond motifs is 2. The molecule has 2 heterocycles. The third kappa shape index (κ3) is 2.12. The standard InChI is InChI=1S/C15H13ClN2O2/c1-2-9-18-11-5-3-4-6-12(11)20-14-10(15(18)19)7-8-13(16)17-14/h3-8H,2,9H2,1H3. The molecule has 2 aromatic rings. The first-order valence-electron chi connectivity index (χ1n) is 6.46. The zero-order valence-corrected chi connectivity index (χ0v) is 11.7. The summed E-state index contributed by atoms with van der Waals surface area (Å²) in [6.45, 7) is 2.66. The number of aromatic nitrogens is 1. The second-order valence-electron chi connectivity index (χ2n) is 4.51. The first-order chi connectivity index (χ1) is 9.70. The van der Waals surface area contributed by atoms with E-state index in [4.69, 9.17) is 16.3 Å². The first-order valence-corrected chi connectivity index (χ1v) is 6.84. The molecule has 1 aromatic carbocycles. The Morgan fingerprint density at radius 1 is 1.25 bits per heavy atom. The number of nitrogens with zero attached hydrogens (tertiary/aromatic N) is 2. The summed E-state index contributed by atoms with van der Waals surface area (Å²) in [5.41, 5.74) is 1.19. The zero-order valence-electron chi connectivity index (χ0n) is 11.0. The van der Waals surface area contributed by atoms with E-state index in [0.29, 0.717) is 23.0 Å². The molecular weight excluding hydrogens is 276 g/mol. The fourth-order valence-electron chi connectivity index (χ4n) is 2.23. The number of anilines is 1. The number of hydrogen-bond donors (Lipinski definition) is 0. The normalized spacial score (nSPS) is 13.3. The quantitative estimate of drug-likeness (QED) is 0.787. The van der Waals surface area contributed by atoms with Crippen LogP contribution in [0.3, 0.4) is 0 Å². The molecule has 0 unspecified atom stereocenters. The number of hydrogen-bond acceptors (Lipinski definition) is 3. The van der Waals surface area contributed by atoms with Crippen molar-refractivity contribution < 1.29 is 9.53 Å². The van der Waals surface area contributed by atoms with Crippen LogP contribution in [0.1, 0.15) is 23.7 Å². The molecule has 0 spiro atoms. The summed E-state index contributed by atoms with van der Waals surface area (Å²) in [5, 5.41) is 0.304. The number of carbonyl (C=O) groups is 1. The Labute approximate surface area is 122 Å². The van der Waals surface area contributed by atoms with E-state index in [9.17, 15) is 4.79 Å². The molecule has 0 N–H and O–H groups in total. The van der Waals surface area contributed by atoms with Gasteiger partial charge in [0.25, 0.3) is 5.91 Å². The van der Waals surface area contributed by atoms with Gasteiger partial charge in [-0.05, 0) is 30.7 Å². The summed E-state index contributed by atoms with van der Waals surface area (Å²) in [7, 11) is 0. The van der Waals surface area contributed by atoms with Crippen molar-refractivity contribution in [3.05, 3.63) is 47.1 Å². The molecule has 1 aromatic heterocycles. The van der Waals surface area contributed by atoms with Crippen LogP contribution in [0.5, 0.6) is 11.6 Å². The van der Waals surface area contributed by atoms with Gasteiger partial charge in [-0.2, -0.15) is 0 Å². The molecule has 0 saturated carbocycles. The van der Waals surface area contributed by atoms with E-state index in [1.807, 2.05) is 31.2 Å². The summed E-state index contributed by atoms with van der Waals surface area (Å²) in [5.74, 6) is 0.757. The Morgan fingerprint density at radius 2 is 2.05 bits per heavy atom. The fraction of sp³-hybridized carbons (Fsp3) is 0.200. The van der Waals surface area contributed by atoms with Crippen LogP contribution in [0.2, 0.25) is 5.15 Å². The van der Waals surface area contributed by atoms with E-state index in [0.717, 1.165) is 12.1 Å². The second kappa shape index (κ2) is 5.13. The predicted octanol–water partition coefficient (Wildman–Crippen LogP) is 3.90. The third-order valence-electron chi connectivity index (χ3n) is 3.11. The number of amides is 1. The van der Waals surface area contributed by atoms with Crippen molar-refractivity contribution in [3.63, 3.8) is 0 Å². The largest absolute Gasteiger partial charge is 0.436 e. The second-order valence-corrected chi connectivity index (χ2v) is 4.90. The minimum Gasteiger partial charge on any atom is -0.436 e. The topological polar surface area (TPSA) is 42.4 Å². The van der Waals surface area contributed by atoms with E-state index in [-0.39, 0.29) is 11.8 Å². The number of rotatable bonds is 2. The molecule has 102 valence electrons. The van der Waals surface area contributed by atoms with Crippen molar-refractivity contribution >= 4 is 23.2 Å². The molecule has 0 fully saturated rings. The smallest absolute Gasteiger partial charge is 0.263 e. The average molecular weight is 289 g/mol. The van der Waals surface area contributed by atoms with Gasteiger partial charge in [0.2, 0.25) is 5.88 Å². The molecule has 20 heavy (non-hydrogen) atoms. The lowest BCUT2D eigenvalue weighted by molar-refractivity contribution is 0.0986. The highest BCUT2D eigenvalue weighted by molar-refractivity contribution is 6.29. The first kappa shape index (κ1) is 12.9. The number of pyridine rings is 1. The van der Waals surface area contributed by atoms with E-state index in [1.165, 1.54) is 0 Å². The van der Waals surface area contributed by atoms with E-state index < -0.39 is 0 Å². The minimum absolute atomic E-state index is 0.115. The highest BCUT2D eigenvalue weighted by Gasteiger charge is 2.28. The van der Waals surface area contributed by atoms with Crippen LogP contribution in [0.4, 0.5) is 5.69 Å². The van der Waals surface area contributed by atoms with E-state index >= 15 is 0 Å². The van der Waals surface area contributed by atoms with Gasteiger partial charge in [-0.3, -0.25) is 4.79 Å². The summed E-state index contributed by atoms with van der Waals surface area (Å²) in [6, 6.07) is 10.7. The lowest BCUT2D eigenvalue weighted by atomic mass is 10.2. The highest BCUT2D eigenvalue weighted by atomic mass is 35.5. The van der Waals surface area contributed by atoms with Gasteiger partial charge in [0, 0.05) is 6.54 Å². The molecule has 5 heteroatoms. The summed E-state index contributed by atoms with van der Waals surface area (Å²) in [4.78, 5) is 18.5. The number of ether oxygens (including phenoxy) is 1. The number of benzene rings is 1. The van der Waals surface area contributed by atoms with Crippen LogP contribution in [0.25, 0.3) is 0 Å². The van der Waals surface area contributed by atoms with Gasteiger partial charge in [-0.15, -0.1) is 0 Å². The maximum atomic E-state index is 12.7. The maximum absolute atomic E-state index is 12.7. The highest BCUT2D eigenvalue weighted by Crippen LogP contribution is 2.38. The zero-order chi connectivity index (χ0) is 14.1. The van der Waals surface area contributed by atoms with Crippen molar-refractivity contribution in [2.24, 2.45) is 0 Å². The molecule has 0 saturated heterocycles. The fourth-order valence-corrected chi connectivity index (χ4v) is 2.37. The van der Waals surface area contributed by atoms with Gasteiger partial charge in [-0.1, -0.05) is 30.7 Å². The third-order valence-corrected chi connectivity index (χ3v) is 3.32. The van der Waals surface area contributed by atoms with Gasteiger partial charge >= 0.3 is 0 Å². The molecule has 0 atom stereocenters. The Kier molecular flexibility index (Phi) is 3.32. The Bertz CT molecular complexity index is 673. The van der Waals surface area contributed by atoms with Crippen molar-refractivity contribution in [2.75, 3.05) is 11.4 Å². The van der Waals surface area contributed by atoms with Gasteiger partial charge in [-0.25, -0.2) is 4.98 Å². The molecular formula is C15H13ClN2O2. The average Bonchev–Trinajstić information content (AvgIpc) is 2.55. The maximum Gasteiger partial charge on any atom is 0.263 e. The molecule has 1 aliphatic rings. The van der Waals surface area contributed by atoms with Crippen LogP contribution in [-0.4, -0.2) is 17.4 Å². The molecule has 0 aliphatic carbocycles. The molecule has 1 amide bonds. The summed E-state index contributed by atoms with van der Waals surface area (Å²) in [6.07, 6.45) is 0.858. The molecule has 1 aliphatic heterocycles. The van der Waals surface area contributed by atoms with Gasteiger partial charge in [0.1, 0.15) is 10.7 Å². The Morgan fingerprint density at radius 3 is 2.85 bits per heavy atom. The molecule has 4 nitrogen and oxygen atoms in total. The lowest BCUT2D eigenvalue weighted by Crippen LogP contribution is -2.30. The minimum atomic E-state index is -0.115. The van der Waals surface area contributed by atoms with Crippen LogP contribution in [-0.2, 0) is 0 Å². The number of para-hydroxylation sites is 2. The molecule has 3 rings (SSSR count). The number of carbonyl (C=O) groups excluding carboxylic acids is 1.